The Hall–Kier alpha value is -3.33. The molecule has 1 saturated heterocycles. The van der Waals surface area contributed by atoms with Crippen LogP contribution in [-0.2, 0) is 9.59 Å². The summed E-state index contributed by atoms with van der Waals surface area (Å²) < 4.78 is 4.92. The second-order valence-electron chi connectivity index (χ2n) is 5.48. The zero-order valence-corrected chi connectivity index (χ0v) is 14.4. The van der Waals surface area contributed by atoms with E-state index in [1.807, 2.05) is 19.1 Å². The van der Waals surface area contributed by atoms with Gasteiger partial charge < -0.3 is 9.73 Å². The number of rotatable bonds is 4. The zero-order chi connectivity index (χ0) is 18.7. The molecule has 26 heavy (non-hydrogen) atoms. The van der Waals surface area contributed by atoms with E-state index >= 15 is 0 Å². The van der Waals surface area contributed by atoms with Crippen molar-refractivity contribution in [1.29, 1.82) is 0 Å². The van der Waals surface area contributed by atoms with Crippen molar-refractivity contribution >= 4 is 47.0 Å². The topological polar surface area (TPSA) is 104 Å². The van der Waals surface area contributed by atoms with Crippen LogP contribution in [0.1, 0.15) is 16.1 Å². The summed E-state index contributed by atoms with van der Waals surface area (Å²) >= 11 is 5.10. The number of nitrogens with zero attached hydrogens (tertiary/aromatic N) is 2. The Morgan fingerprint density at radius 1 is 1.31 bits per heavy atom. The molecule has 0 radical (unpaired) electrons. The largest absolute Gasteiger partial charge is 0.459 e. The number of amides is 3. The smallest absolute Gasteiger partial charge is 0.307 e. The third-order valence-electron chi connectivity index (χ3n) is 3.63. The first kappa shape index (κ1) is 17.5. The fourth-order valence-electron chi connectivity index (χ4n) is 2.29. The third-order valence-corrected chi connectivity index (χ3v) is 3.91. The zero-order valence-electron chi connectivity index (χ0n) is 13.6. The predicted molar refractivity (Wildman–Crippen MR) is 97.6 cm³/mol. The molecule has 3 amide bonds. The van der Waals surface area contributed by atoms with E-state index in [1.54, 1.807) is 18.2 Å². The number of hydrogen-bond acceptors (Lipinski definition) is 6. The van der Waals surface area contributed by atoms with Crippen molar-refractivity contribution in [2.75, 3.05) is 4.90 Å². The standard InChI is InChI=1S/C17H14N4O4S/c1-10-4-6-11(7-5-10)21-16(24)12(14(22)19-17(21)26)9-18-20-15(23)13-3-2-8-25-13/h2-9,12H,1H3,(H,20,23)(H,19,22,26)/b18-9-/t12-/m0/s1. The molecule has 1 aromatic heterocycles. The van der Waals surface area contributed by atoms with Crippen LogP contribution in [0.3, 0.4) is 0 Å². The second-order valence-corrected chi connectivity index (χ2v) is 5.86. The van der Waals surface area contributed by atoms with Gasteiger partial charge in [0.05, 0.1) is 12.0 Å². The Kier molecular flexibility index (Phi) is 4.90. The Bertz CT molecular complexity index is 890. The molecule has 9 heteroatoms. The van der Waals surface area contributed by atoms with E-state index in [0.29, 0.717) is 5.69 Å². The Morgan fingerprint density at radius 3 is 2.69 bits per heavy atom. The molecule has 132 valence electrons. The molecule has 3 rings (SSSR count). The Balaban J connectivity index is 1.76. The Labute approximate surface area is 153 Å². The SMILES string of the molecule is Cc1ccc(N2C(=O)[C@@H](/C=N\NC(=O)c3ccco3)C(=O)NC2=S)cc1. The van der Waals surface area contributed by atoms with E-state index in [0.717, 1.165) is 11.8 Å². The number of anilines is 1. The molecule has 8 nitrogen and oxygen atoms in total. The van der Waals surface area contributed by atoms with Gasteiger partial charge in [-0.2, -0.15) is 5.10 Å². The van der Waals surface area contributed by atoms with Gasteiger partial charge in [-0.3, -0.25) is 19.3 Å². The first-order valence-corrected chi connectivity index (χ1v) is 8.00. The minimum Gasteiger partial charge on any atom is -0.459 e. The van der Waals surface area contributed by atoms with Crippen LogP contribution in [0.25, 0.3) is 0 Å². The van der Waals surface area contributed by atoms with Crippen molar-refractivity contribution in [2.45, 2.75) is 6.92 Å². The van der Waals surface area contributed by atoms with E-state index in [9.17, 15) is 14.4 Å². The summed E-state index contributed by atoms with van der Waals surface area (Å²) in [5.41, 5.74) is 3.75. The summed E-state index contributed by atoms with van der Waals surface area (Å²) in [4.78, 5) is 37.7. The normalized spacial score (nSPS) is 17.5. The fraction of sp³-hybridized carbons (Fsp3) is 0.118. The van der Waals surface area contributed by atoms with E-state index in [1.165, 1.54) is 17.2 Å². The van der Waals surface area contributed by atoms with Crippen LogP contribution in [0.2, 0.25) is 0 Å². The highest BCUT2D eigenvalue weighted by Gasteiger charge is 2.38. The van der Waals surface area contributed by atoms with Crippen LogP contribution >= 0.6 is 12.2 Å². The van der Waals surface area contributed by atoms with Crippen LogP contribution < -0.4 is 15.6 Å². The van der Waals surface area contributed by atoms with Crippen molar-refractivity contribution < 1.29 is 18.8 Å². The van der Waals surface area contributed by atoms with Gasteiger partial charge in [0.2, 0.25) is 5.91 Å². The lowest BCUT2D eigenvalue weighted by atomic mass is 10.1. The lowest BCUT2D eigenvalue weighted by Gasteiger charge is -2.30. The van der Waals surface area contributed by atoms with Crippen molar-refractivity contribution in [3.8, 4) is 0 Å². The summed E-state index contributed by atoms with van der Waals surface area (Å²) in [5, 5.41) is 6.14. The van der Waals surface area contributed by atoms with Gasteiger partial charge in [0.15, 0.2) is 16.8 Å². The number of furan rings is 1. The van der Waals surface area contributed by atoms with Gasteiger partial charge in [-0.1, -0.05) is 17.7 Å². The number of hydrogen-bond donors (Lipinski definition) is 2. The molecule has 2 N–H and O–H groups in total. The summed E-state index contributed by atoms with van der Waals surface area (Å²) in [6.07, 6.45) is 2.40. The van der Waals surface area contributed by atoms with E-state index in [-0.39, 0.29) is 10.9 Å². The van der Waals surface area contributed by atoms with Gasteiger partial charge in [0.25, 0.3) is 5.91 Å². The number of hydrazone groups is 1. The summed E-state index contributed by atoms with van der Waals surface area (Å²) in [6.45, 7) is 1.92. The van der Waals surface area contributed by atoms with Crippen molar-refractivity contribution in [2.24, 2.45) is 11.0 Å². The maximum absolute atomic E-state index is 12.7. The van der Waals surface area contributed by atoms with Gasteiger partial charge >= 0.3 is 5.91 Å². The molecule has 2 heterocycles. The second kappa shape index (κ2) is 7.28. The first-order chi connectivity index (χ1) is 12.5. The quantitative estimate of drug-likeness (QED) is 0.366. The molecule has 0 spiro atoms. The van der Waals surface area contributed by atoms with Gasteiger partial charge in [-0.25, -0.2) is 5.43 Å². The molecule has 1 aliphatic heterocycles. The van der Waals surface area contributed by atoms with E-state index in [4.69, 9.17) is 16.6 Å². The molecule has 1 fully saturated rings. The number of aryl methyl sites for hydroxylation is 1. The number of carbonyl (C=O) groups is 3. The van der Waals surface area contributed by atoms with E-state index < -0.39 is 23.6 Å². The summed E-state index contributed by atoms with van der Waals surface area (Å²) in [6, 6.07) is 10.1. The predicted octanol–water partition coefficient (Wildman–Crippen LogP) is 1.37. The van der Waals surface area contributed by atoms with Crippen LogP contribution in [0, 0.1) is 12.8 Å². The minimum atomic E-state index is -1.22. The maximum Gasteiger partial charge on any atom is 0.307 e. The first-order valence-electron chi connectivity index (χ1n) is 7.60. The van der Waals surface area contributed by atoms with Gasteiger partial charge in [-0.05, 0) is 43.4 Å². The van der Waals surface area contributed by atoms with Crippen molar-refractivity contribution in [1.82, 2.24) is 10.7 Å². The number of nitrogens with one attached hydrogen (secondary N) is 2. The molecular weight excluding hydrogens is 356 g/mol. The van der Waals surface area contributed by atoms with Crippen LogP contribution in [0.5, 0.6) is 0 Å². The van der Waals surface area contributed by atoms with Gasteiger partial charge in [0.1, 0.15) is 0 Å². The minimum absolute atomic E-state index is 0.00637. The highest BCUT2D eigenvalue weighted by atomic mass is 32.1. The highest BCUT2D eigenvalue weighted by molar-refractivity contribution is 7.80. The van der Waals surface area contributed by atoms with Gasteiger partial charge in [0, 0.05) is 6.21 Å². The monoisotopic (exact) mass is 370 g/mol. The molecule has 1 aliphatic rings. The lowest BCUT2D eigenvalue weighted by Crippen LogP contribution is -2.58. The van der Waals surface area contributed by atoms with Crippen molar-refractivity contribution in [3.05, 3.63) is 54.0 Å². The number of benzene rings is 1. The summed E-state index contributed by atoms with van der Waals surface area (Å²) in [7, 11) is 0. The average Bonchev–Trinajstić information content (AvgIpc) is 3.14. The molecule has 1 atom stereocenters. The molecule has 0 bridgehead atoms. The third kappa shape index (κ3) is 3.52. The van der Waals surface area contributed by atoms with Crippen molar-refractivity contribution in [3.63, 3.8) is 0 Å². The molecule has 2 aromatic rings. The Morgan fingerprint density at radius 2 is 2.04 bits per heavy atom. The fourth-order valence-corrected chi connectivity index (χ4v) is 2.59. The van der Waals surface area contributed by atoms with Crippen LogP contribution in [-0.4, -0.2) is 29.0 Å². The lowest BCUT2D eigenvalue weighted by molar-refractivity contribution is -0.130. The molecule has 1 aromatic carbocycles. The average molecular weight is 370 g/mol. The highest BCUT2D eigenvalue weighted by Crippen LogP contribution is 2.20. The number of thiocarbonyl (C=S) groups is 1. The van der Waals surface area contributed by atoms with Gasteiger partial charge in [-0.15, -0.1) is 0 Å². The maximum atomic E-state index is 12.7. The molecule has 0 unspecified atom stereocenters. The van der Waals surface area contributed by atoms with E-state index in [2.05, 4.69) is 15.8 Å². The van der Waals surface area contributed by atoms with Crippen LogP contribution in [0.15, 0.2) is 52.2 Å². The van der Waals surface area contributed by atoms with Crippen LogP contribution in [0.4, 0.5) is 5.69 Å². The molecule has 0 aliphatic carbocycles. The number of carbonyl (C=O) groups excluding carboxylic acids is 3. The molecule has 0 saturated carbocycles. The molecular formula is C17H14N4O4S. The summed E-state index contributed by atoms with van der Waals surface area (Å²) in [5.74, 6) is -2.93.